The van der Waals surface area contributed by atoms with Crippen molar-refractivity contribution < 1.29 is 9.21 Å². The number of amides is 1. The summed E-state index contributed by atoms with van der Waals surface area (Å²) in [6.07, 6.45) is 0. The van der Waals surface area contributed by atoms with E-state index in [4.69, 9.17) is 50.8 Å². The zero-order valence-electron chi connectivity index (χ0n) is 15.4. The third kappa shape index (κ3) is 4.73. The first-order chi connectivity index (χ1) is 14.4. The van der Waals surface area contributed by atoms with Crippen LogP contribution in [-0.4, -0.2) is 15.8 Å². The van der Waals surface area contributed by atoms with Crippen molar-refractivity contribution in [3.63, 3.8) is 0 Å². The second kappa shape index (κ2) is 8.86. The Balaban J connectivity index is 1.69. The lowest BCUT2D eigenvalue weighted by atomic mass is 10.1. The van der Waals surface area contributed by atoms with E-state index in [1.54, 1.807) is 47.4 Å². The number of hydrogen-bond donors (Lipinski definition) is 0. The number of nitrogens with zero attached hydrogens (tertiary/aromatic N) is 2. The molecular formula is C22H14Cl4N2O2. The van der Waals surface area contributed by atoms with Gasteiger partial charge < -0.3 is 9.32 Å². The van der Waals surface area contributed by atoms with Gasteiger partial charge in [-0.15, -0.1) is 0 Å². The molecule has 4 rings (SSSR count). The Morgan fingerprint density at radius 3 is 2.37 bits per heavy atom. The summed E-state index contributed by atoms with van der Waals surface area (Å²) in [6, 6.07) is 17.2. The first kappa shape index (κ1) is 21.0. The van der Waals surface area contributed by atoms with Gasteiger partial charge in [-0.25, -0.2) is 4.98 Å². The average Bonchev–Trinajstić information content (AvgIpc) is 3.08. The normalized spacial score (nSPS) is 11.1. The molecule has 3 aromatic carbocycles. The quantitative estimate of drug-likeness (QED) is 0.302. The van der Waals surface area contributed by atoms with E-state index in [0.29, 0.717) is 37.6 Å². The average molecular weight is 480 g/mol. The van der Waals surface area contributed by atoms with Crippen LogP contribution in [0.25, 0.3) is 11.1 Å². The third-order valence-corrected chi connectivity index (χ3v) is 5.45. The van der Waals surface area contributed by atoms with E-state index in [0.717, 1.165) is 5.56 Å². The summed E-state index contributed by atoms with van der Waals surface area (Å²) in [5.41, 5.74) is 2.41. The zero-order chi connectivity index (χ0) is 21.3. The van der Waals surface area contributed by atoms with E-state index in [-0.39, 0.29) is 24.0 Å². The molecule has 1 heterocycles. The molecule has 152 valence electrons. The summed E-state index contributed by atoms with van der Waals surface area (Å²) in [5, 5.41) is 1.87. The number of halogens is 4. The standard InChI is InChI=1S/C22H14Cl4N2O2/c23-14-3-1-2-13(8-14)11-28(22(29)17-6-4-15(24)9-18(17)26)12-21-27-19-10-16(25)5-7-20(19)30-21/h1-10H,11-12H2. The van der Waals surface area contributed by atoms with Crippen molar-refractivity contribution in [1.82, 2.24) is 9.88 Å². The lowest BCUT2D eigenvalue weighted by Crippen LogP contribution is -2.30. The molecular weight excluding hydrogens is 466 g/mol. The molecule has 0 N–H and O–H groups in total. The fraction of sp³-hybridized carbons (Fsp3) is 0.0909. The van der Waals surface area contributed by atoms with Gasteiger partial charge in [0.15, 0.2) is 5.58 Å². The van der Waals surface area contributed by atoms with Gasteiger partial charge in [0.2, 0.25) is 5.89 Å². The Hall–Kier alpha value is -2.24. The van der Waals surface area contributed by atoms with Gasteiger partial charge in [0.05, 0.1) is 17.1 Å². The largest absolute Gasteiger partial charge is 0.439 e. The number of carbonyl (C=O) groups is 1. The molecule has 0 spiro atoms. The molecule has 0 bridgehead atoms. The smallest absolute Gasteiger partial charge is 0.256 e. The number of benzene rings is 3. The number of carbonyl (C=O) groups excluding carboxylic acids is 1. The maximum atomic E-state index is 13.3. The Morgan fingerprint density at radius 1 is 0.867 bits per heavy atom. The zero-order valence-corrected chi connectivity index (χ0v) is 18.4. The topological polar surface area (TPSA) is 46.3 Å². The highest BCUT2D eigenvalue weighted by Crippen LogP contribution is 2.26. The van der Waals surface area contributed by atoms with Crippen molar-refractivity contribution in [2.45, 2.75) is 13.1 Å². The molecule has 0 aliphatic rings. The maximum Gasteiger partial charge on any atom is 0.256 e. The Kier molecular flexibility index (Phi) is 6.21. The molecule has 0 fully saturated rings. The van der Waals surface area contributed by atoms with Crippen LogP contribution in [0.1, 0.15) is 21.8 Å². The van der Waals surface area contributed by atoms with Crippen LogP contribution in [0, 0.1) is 0 Å². The SMILES string of the molecule is O=C(c1ccc(Cl)cc1Cl)N(Cc1cccc(Cl)c1)Cc1nc2cc(Cl)ccc2o1. The number of oxazole rings is 1. The van der Waals surface area contributed by atoms with E-state index < -0.39 is 0 Å². The van der Waals surface area contributed by atoms with Crippen LogP contribution in [0.15, 0.2) is 65.1 Å². The Morgan fingerprint density at radius 2 is 1.60 bits per heavy atom. The molecule has 0 saturated carbocycles. The van der Waals surface area contributed by atoms with Crippen LogP contribution in [-0.2, 0) is 13.1 Å². The van der Waals surface area contributed by atoms with Crippen molar-refractivity contribution in [1.29, 1.82) is 0 Å². The summed E-state index contributed by atoms with van der Waals surface area (Å²) in [6.45, 7) is 0.425. The van der Waals surface area contributed by atoms with Crippen LogP contribution >= 0.6 is 46.4 Å². The van der Waals surface area contributed by atoms with Gasteiger partial charge in [-0.3, -0.25) is 4.79 Å². The monoisotopic (exact) mass is 478 g/mol. The predicted molar refractivity (Wildman–Crippen MR) is 121 cm³/mol. The van der Waals surface area contributed by atoms with Crippen molar-refractivity contribution in [2.75, 3.05) is 0 Å². The molecule has 0 aliphatic heterocycles. The second-order valence-electron chi connectivity index (χ2n) is 6.63. The van der Waals surface area contributed by atoms with Gasteiger partial charge in [0.25, 0.3) is 5.91 Å². The highest BCUT2D eigenvalue weighted by molar-refractivity contribution is 6.36. The minimum atomic E-state index is -0.281. The van der Waals surface area contributed by atoms with E-state index in [9.17, 15) is 4.79 Å². The summed E-state index contributed by atoms with van der Waals surface area (Å²) >= 11 is 24.4. The molecule has 30 heavy (non-hydrogen) atoms. The molecule has 4 aromatic rings. The van der Waals surface area contributed by atoms with Gasteiger partial charge >= 0.3 is 0 Å². The van der Waals surface area contributed by atoms with Gasteiger partial charge in [0, 0.05) is 21.6 Å². The number of aromatic nitrogens is 1. The number of fused-ring (bicyclic) bond motifs is 1. The molecule has 4 nitrogen and oxygen atoms in total. The molecule has 0 saturated heterocycles. The lowest BCUT2D eigenvalue weighted by Gasteiger charge is -2.22. The summed E-state index contributed by atoms with van der Waals surface area (Å²) in [4.78, 5) is 19.4. The molecule has 0 atom stereocenters. The molecule has 1 amide bonds. The van der Waals surface area contributed by atoms with Gasteiger partial charge in [-0.2, -0.15) is 0 Å². The van der Waals surface area contributed by atoms with Gasteiger partial charge in [-0.1, -0.05) is 58.5 Å². The van der Waals surface area contributed by atoms with Crippen molar-refractivity contribution in [3.8, 4) is 0 Å². The van der Waals surface area contributed by atoms with E-state index in [2.05, 4.69) is 4.98 Å². The fourth-order valence-corrected chi connectivity index (χ4v) is 3.94. The van der Waals surface area contributed by atoms with Crippen LogP contribution < -0.4 is 0 Å². The van der Waals surface area contributed by atoms with E-state index in [1.165, 1.54) is 6.07 Å². The van der Waals surface area contributed by atoms with Crippen LogP contribution in [0.5, 0.6) is 0 Å². The maximum absolute atomic E-state index is 13.3. The van der Waals surface area contributed by atoms with Crippen LogP contribution in [0.2, 0.25) is 20.1 Å². The summed E-state index contributed by atoms with van der Waals surface area (Å²) in [7, 11) is 0. The second-order valence-corrected chi connectivity index (χ2v) is 8.35. The van der Waals surface area contributed by atoms with E-state index in [1.807, 2.05) is 12.1 Å². The van der Waals surface area contributed by atoms with Gasteiger partial charge in [0.1, 0.15) is 5.52 Å². The van der Waals surface area contributed by atoms with Crippen molar-refractivity contribution in [3.05, 3.63) is 97.8 Å². The summed E-state index contributed by atoms with van der Waals surface area (Å²) in [5.74, 6) is 0.102. The van der Waals surface area contributed by atoms with Crippen LogP contribution in [0.3, 0.4) is 0 Å². The molecule has 0 unspecified atom stereocenters. The number of rotatable bonds is 5. The minimum absolute atomic E-state index is 0.136. The van der Waals surface area contributed by atoms with Crippen molar-refractivity contribution in [2.24, 2.45) is 0 Å². The lowest BCUT2D eigenvalue weighted by molar-refractivity contribution is 0.0715. The predicted octanol–water partition coefficient (Wildman–Crippen LogP) is 7.28. The third-order valence-electron chi connectivity index (χ3n) is 4.43. The van der Waals surface area contributed by atoms with Gasteiger partial charge in [-0.05, 0) is 54.1 Å². The Bertz CT molecular complexity index is 1240. The highest BCUT2D eigenvalue weighted by atomic mass is 35.5. The van der Waals surface area contributed by atoms with Crippen LogP contribution in [0.4, 0.5) is 0 Å². The highest BCUT2D eigenvalue weighted by Gasteiger charge is 2.22. The first-order valence-corrected chi connectivity index (χ1v) is 10.4. The molecule has 0 aliphatic carbocycles. The van der Waals surface area contributed by atoms with E-state index >= 15 is 0 Å². The molecule has 0 radical (unpaired) electrons. The summed E-state index contributed by atoms with van der Waals surface area (Å²) < 4.78 is 5.81. The molecule has 8 heteroatoms. The minimum Gasteiger partial charge on any atom is -0.439 e. The number of hydrogen-bond acceptors (Lipinski definition) is 3. The van der Waals surface area contributed by atoms with Crippen molar-refractivity contribution >= 4 is 63.4 Å². The molecule has 1 aromatic heterocycles. The fourth-order valence-electron chi connectivity index (χ4n) is 3.07. The first-order valence-electron chi connectivity index (χ1n) is 8.93. The Labute approximate surface area is 192 Å².